The van der Waals surface area contributed by atoms with Crippen molar-refractivity contribution < 1.29 is 12.4 Å². The number of nitrogens with zero attached hydrogens (tertiary/aromatic N) is 1. The van der Waals surface area contributed by atoms with Crippen LogP contribution in [0.3, 0.4) is 0 Å². The predicted octanol–water partition coefficient (Wildman–Crippen LogP) is 2.34. The Morgan fingerprint density at radius 2 is 1.04 bits per heavy atom. The van der Waals surface area contributed by atoms with Crippen molar-refractivity contribution in [1.82, 2.24) is 4.98 Å². The first-order valence-corrected chi connectivity index (χ1v) is 11.7. The van der Waals surface area contributed by atoms with Crippen LogP contribution in [0.4, 0.5) is 0 Å². The zero-order valence-electron chi connectivity index (χ0n) is 15.2. The van der Waals surface area contributed by atoms with Crippen LogP contribution in [0.15, 0.2) is 114 Å². The first-order chi connectivity index (χ1) is 13.3. The Balaban J connectivity index is 0.00000225. The molecule has 1 nitrogen and oxygen atoms in total. The van der Waals surface area contributed by atoms with E-state index in [1.807, 2.05) is 6.20 Å². The van der Waals surface area contributed by atoms with Gasteiger partial charge in [-0.25, -0.2) is 0 Å². The Morgan fingerprint density at radius 3 is 1.39 bits per heavy atom. The van der Waals surface area contributed by atoms with Gasteiger partial charge in [0.2, 0.25) is 0 Å². The van der Waals surface area contributed by atoms with Crippen molar-refractivity contribution in [3.63, 3.8) is 0 Å². The summed E-state index contributed by atoms with van der Waals surface area (Å²) in [4.78, 5) is 4.72. The molecule has 0 fully saturated rings. The minimum absolute atomic E-state index is 0. The third-order valence-electron chi connectivity index (χ3n) is 4.78. The van der Waals surface area contributed by atoms with Crippen LogP contribution in [0.2, 0.25) is 0 Å². The maximum atomic E-state index is 4.72. The third-order valence-corrected chi connectivity index (χ3v) is 9.59. The Kier molecular flexibility index (Phi) is 7.02. The average Bonchev–Trinajstić information content (AvgIpc) is 2.75. The highest BCUT2D eigenvalue weighted by molar-refractivity contribution is 9.10. The number of rotatable bonds is 5. The largest absolute Gasteiger partial charge is 1.00 e. The minimum Gasteiger partial charge on any atom is -1.00 e. The number of benzene rings is 3. The van der Waals surface area contributed by atoms with Crippen LogP contribution in [-0.4, -0.2) is 4.98 Å². The van der Waals surface area contributed by atoms with Gasteiger partial charge < -0.3 is 12.4 Å². The lowest BCUT2D eigenvalue weighted by Crippen LogP contribution is -3.00. The lowest BCUT2D eigenvalue weighted by atomic mass is 10.3. The van der Waals surface area contributed by atoms with Crippen molar-refractivity contribution in [2.75, 3.05) is 0 Å². The van der Waals surface area contributed by atoms with Gasteiger partial charge in [-0.05, 0) is 64.5 Å². The SMILES string of the molecule is Brc1ccc(C[P+](c2ccccc2)(c2ccccc2)c2ccccc2)nc1.[Cl-]. The van der Waals surface area contributed by atoms with Crippen molar-refractivity contribution >= 4 is 39.1 Å². The summed E-state index contributed by atoms with van der Waals surface area (Å²) in [6.07, 6.45) is 2.79. The monoisotopic (exact) mass is 467 g/mol. The highest BCUT2D eigenvalue weighted by Gasteiger charge is 2.45. The molecule has 1 heterocycles. The molecule has 0 atom stereocenters. The van der Waals surface area contributed by atoms with Crippen LogP contribution in [0.5, 0.6) is 0 Å². The van der Waals surface area contributed by atoms with Gasteiger partial charge in [-0.15, -0.1) is 0 Å². The standard InChI is InChI=1S/C24H20BrNP.ClH/c25-20-16-17-21(26-18-20)19-27(22-10-4-1-5-11-22,23-12-6-2-7-13-23)24-14-8-3-9-15-24;/h1-18H,19H2;1H/q+1;/p-1. The Bertz CT molecular complexity index is 896. The Morgan fingerprint density at radius 1 is 0.607 bits per heavy atom. The first kappa shape index (κ1) is 20.7. The van der Waals surface area contributed by atoms with Crippen molar-refractivity contribution in [2.45, 2.75) is 6.16 Å². The molecule has 1 aromatic heterocycles. The molecule has 140 valence electrons. The molecule has 0 N–H and O–H groups in total. The fourth-order valence-corrected chi connectivity index (χ4v) is 7.90. The Labute approximate surface area is 181 Å². The third kappa shape index (κ3) is 4.20. The zero-order chi connectivity index (χ0) is 18.5. The van der Waals surface area contributed by atoms with E-state index in [0.717, 1.165) is 16.3 Å². The van der Waals surface area contributed by atoms with Crippen LogP contribution in [0.25, 0.3) is 0 Å². The van der Waals surface area contributed by atoms with E-state index in [1.165, 1.54) is 15.9 Å². The van der Waals surface area contributed by atoms with Gasteiger partial charge in [-0.3, -0.25) is 4.98 Å². The highest BCUT2D eigenvalue weighted by atomic mass is 79.9. The molecule has 4 heteroatoms. The van der Waals surface area contributed by atoms with Gasteiger partial charge in [0, 0.05) is 10.7 Å². The second-order valence-corrected chi connectivity index (χ2v) is 10.8. The van der Waals surface area contributed by atoms with E-state index in [0.29, 0.717) is 0 Å². The molecule has 0 aliphatic carbocycles. The molecular formula is C24H20BrClNP. The van der Waals surface area contributed by atoms with Crippen molar-refractivity contribution in [1.29, 1.82) is 0 Å². The smallest absolute Gasteiger partial charge is 0.118 e. The van der Waals surface area contributed by atoms with Gasteiger partial charge in [0.25, 0.3) is 0 Å². The van der Waals surface area contributed by atoms with Crippen molar-refractivity contribution in [2.24, 2.45) is 0 Å². The van der Waals surface area contributed by atoms with Gasteiger partial charge in [-0.1, -0.05) is 54.6 Å². The molecule has 0 saturated carbocycles. The topological polar surface area (TPSA) is 12.9 Å². The van der Waals surface area contributed by atoms with Crippen molar-refractivity contribution in [3.05, 3.63) is 119 Å². The van der Waals surface area contributed by atoms with Crippen molar-refractivity contribution in [3.8, 4) is 0 Å². The molecule has 0 radical (unpaired) electrons. The van der Waals surface area contributed by atoms with Gasteiger partial charge >= 0.3 is 0 Å². The maximum absolute atomic E-state index is 4.72. The van der Waals surface area contributed by atoms with Gasteiger partial charge in [0.05, 0.1) is 5.69 Å². The summed E-state index contributed by atoms with van der Waals surface area (Å²) >= 11 is 3.51. The molecule has 0 aliphatic rings. The van der Waals surface area contributed by atoms with Gasteiger partial charge in [-0.2, -0.15) is 0 Å². The molecule has 0 saturated heterocycles. The summed E-state index contributed by atoms with van der Waals surface area (Å²) in [5, 5.41) is 4.14. The van der Waals surface area contributed by atoms with E-state index in [-0.39, 0.29) is 12.4 Å². The molecule has 0 unspecified atom stereocenters. The molecular weight excluding hydrogens is 449 g/mol. The van der Waals surface area contributed by atoms with Crippen LogP contribution in [0.1, 0.15) is 5.69 Å². The second-order valence-electron chi connectivity index (χ2n) is 6.44. The number of aromatic nitrogens is 1. The molecule has 0 aliphatic heterocycles. The molecule has 0 bridgehead atoms. The van der Waals surface area contributed by atoms with E-state index < -0.39 is 7.26 Å². The minimum atomic E-state index is -1.87. The van der Waals surface area contributed by atoms with Crippen LogP contribution in [0, 0.1) is 0 Å². The quantitative estimate of drug-likeness (QED) is 0.410. The number of halogens is 2. The average molecular weight is 469 g/mol. The first-order valence-electron chi connectivity index (χ1n) is 8.94. The van der Waals surface area contributed by atoms with Gasteiger partial charge in [0.1, 0.15) is 29.3 Å². The summed E-state index contributed by atoms with van der Waals surface area (Å²) in [6, 6.07) is 37.0. The molecule has 4 aromatic rings. The molecule has 4 rings (SSSR count). The zero-order valence-corrected chi connectivity index (χ0v) is 18.5. The van der Waals surface area contributed by atoms with E-state index in [9.17, 15) is 0 Å². The lowest BCUT2D eigenvalue weighted by molar-refractivity contribution is -0.00000521. The lowest BCUT2D eigenvalue weighted by Gasteiger charge is -2.27. The summed E-state index contributed by atoms with van der Waals surface area (Å²) in [5.74, 6) is 0. The fourth-order valence-electron chi connectivity index (χ4n) is 3.51. The molecule has 3 aromatic carbocycles. The molecule has 28 heavy (non-hydrogen) atoms. The van der Waals surface area contributed by atoms with Crippen LogP contribution in [-0.2, 0) is 6.16 Å². The Hall–Kier alpha value is -1.99. The summed E-state index contributed by atoms with van der Waals surface area (Å²) in [5.41, 5.74) is 1.11. The molecule has 0 amide bonds. The normalized spacial score (nSPS) is 10.9. The summed E-state index contributed by atoms with van der Waals surface area (Å²) < 4.78 is 1.01. The summed E-state index contributed by atoms with van der Waals surface area (Å²) in [7, 11) is -1.87. The number of hydrogen-bond donors (Lipinski definition) is 0. The number of pyridine rings is 1. The summed E-state index contributed by atoms with van der Waals surface area (Å²) in [6.45, 7) is 0. The predicted molar refractivity (Wildman–Crippen MR) is 121 cm³/mol. The fraction of sp³-hybridized carbons (Fsp3) is 0.0417. The maximum Gasteiger partial charge on any atom is 0.118 e. The second kappa shape index (κ2) is 9.47. The number of hydrogen-bond acceptors (Lipinski definition) is 1. The van der Waals surface area contributed by atoms with Crippen LogP contribution >= 0.6 is 23.2 Å². The van der Waals surface area contributed by atoms with Crippen LogP contribution < -0.4 is 28.3 Å². The highest BCUT2D eigenvalue weighted by Crippen LogP contribution is 2.57. The van der Waals surface area contributed by atoms with Gasteiger partial charge in [0.15, 0.2) is 0 Å². The van der Waals surface area contributed by atoms with E-state index in [4.69, 9.17) is 4.98 Å². The van der Waals surface area contributed by atoms with E-state index >= 15 is 0 Å². The van der Waals surface area contributed by atoms with E-state index in [1.54, 1.807) is 0 Å². The van der Waals surface area contributed by atoms with E-state index in [2.05, 4.69) is 119 Å². The molecule has 0 spiro atoms.